The topological polar surface area (TPSA) is 56.2 Å². The Labute approximate surface area is 156 Å². The molecule has 2 aliphatic rings. The standard InChI is InChI=1S/C20H31N3O3/c1-3-18(23-10-4-5-19(23)24)20(25)22-13-11-21(12-14-22)15-16-6-8-17(26-2)9-7-16/h6-9,18,20,25H,3-5,10-15H2,1-2H3. The van der Waals surface area contributed by atoms with E-state index in [0.29, 0.717) is 6.42 Å². The molecule has 26 heavy (non-hydrogen) atoms. The largest absolute Gasteiger partial charge is 0.497 e. The molecular formula is C20H31N3O3. The summed E-state index contributed by atoms with van der Waals surface area (Å²) in [6, 6.07) is 8.11. The molecule has 3 rings (SSSR count). The number of aliphatic hydroxyl groups excluding tert-OH is 1. The smallest absolute Gasteiger partial charge is 0.223 e. The summed E-state index contributed by atoms with van der Waals surface area (Å²) in [7, 11) is 1.68. The summed E-state index contributed by atoms with van der Waals surface area (Å²) in [5.41, 5.74) is 1.27. The zero-order chi connectivity index (χ0) is 18.5. The van der Waals surface area contributed by atoms with E-state index >= 15 is 0 Å². The number of ether oxygens (including phenoxy) is 1. The fourth-order valence-corrected chi connectivity index (χ4v) is 4.03. The third-order valence-corrected chi connectivity index (χ3v) is 5.62. The molecule has 2 heterocycles. The number of rotatable bonds is 7. The fourth-order valence-electron chi connectivity index (χ4n) is 4.03. The number of piperazine rings is 1. The number of amides is 1. The van der Waals surface area contributed by atoms with Gasteiger partial charge in [0.05, 0.1) is 13.2 Å². The Morgan fingerprint density at radius 3 is 2.35 bits per heavy atom. The summed E-state index contributed by atoms with van der Waals surface area (Å²) in [5.74, 6) is 1.07. The zero-order valence-electron chi connectivity index (χ0n) is 15.9. The van der Waals surface area contributed by atoms with Gasteiger partial charge in [-0.05, 0) is 30.5 Å². The van der Waals surface area contributed by atoms with Crippen LogP contribution in [-0.4, -0.2) is 77.8 Å². The molecular weight excluding hydrogens is 330 g/mol. The highest BCUT2D eigenvalue weighted by atomic mass is 16.5. The van der Waals surface area contributed by atoms with Crippen LogP contribution in [0.15, 0.2) is 24.3 Å². The normalized spacial score (nSPS) is 21.8. The van der Waals surface area contributed by atoms with Gasteiger partial charge in [0, 0.05) is 45.7 Å². The Balaban J connectivity index is 1.51. The second kappa shape index (κ2) is 8.84. The summed E-state index contributed by atoms with van der Waals surface area (Å²) in [6.45, 7) is 7.26. The molecule has 0 spiro atoms. The third-order valence-electron chi connectivity index (χ3n) is 5.62. The van der Waals surface area contributed by atoms with E-state index in [1.807, 2.05) is 17.0 Å². The van der Waals surface area contributed by atoms with Gasteiger partial charge >= 0.3 is 0 Å². The number of methoxy groups -OCH3 is 1. The minimum absolute atomic E-state index is 0.0851. The molecule has 1 aromatic rings. The number of hydrogen-bond donors (Lipinski definition) is 1. The van der Waals surface area contributed by atoms with Gasteiger partial charge < -0.3 is 14.7 Å². The minimum Gasteiger partial charge on any atom is -0.497 e. The number of carbonyl (C=O) groups excluding carboxylic acids is 1. The van der Waals surface area contributed by atoms with E-state index in [-0.39, 0.29) is 11.9 Å². The van der Waals surface area contributed by atoms with E-state index in [9.17, 15) is 9.90 Å². The van der Waals surface area contributed by atoms with E-state index in [2.05, 4.69) is 28.9 Å². The van der Waals surface area contributed by atoms with Crippen LogP contribution in [0.2, 0.25) is 0 Å². The Hall–Kier alpha value is -1.63. The summed E-state index contributed by atoms with van der Waals surface area (Å²) in [4.78, 5) is 18.5. The molecule has 0 radical (unpaired) electrons. The maximum Gasteiger partial charge on any atom is 0.223 e. The van der Waals surface area contributed by atoms with Gasteiger partial charge in [-0.3, -0.25) is 14.6 Å². The number of carbonyl (C=O) groups is 1. The molecule has 0 saturated carbocycles. The van der Waals surface area contributed by atoms with Crippen molar-refractivity contribution >= 4 is 5.91 Å². The van der Waals surface area contributed by atoms with E-state index in [1.165, 1.54) is 5.56 Å². The maximum absolute atomic E-state index is 12.0. The highest BCUT2D eigenvalue weighted by molar-refractivity contribution is 5.78. The lowest BCUT2D eigenvalue weighted by atomic mass is 10.1. The second-order valence-corrected chi connectivity index (χ2v) is 7.24. The van der Waals surface area contributed by atoms with Crippen molar-refractivity contribution in [3.8, 4) is 5.75 Å². The van der Waals surface area contributed by atoms with Crippen molar-refractivity contribution in [2.75, 3.05) is 39.8 Å². The summed E-state index contributed by atoms with van der Waals surface area (Å²) in [6.07, 6.45) is 1.76. The van der Waals surface area contributed by atoms with Crippen LogP contribution in [0.25, 0.3) is 0 Å². The van der Waals surface area contributed by atoms with Crippen molar-refractivity contribution in [2.45, 2.75) is 45.0 Å². The average molecular weight is 361 g/mol. The molecule has 0 bridgehead atoms. The van der Waals surface area contributed by atoms with Gasteiger partial charge in [0.25, 0.3) is 0 Å². The van der Waals surface area contributed by atoms with Crippen LogP contribution in [0.4, 0.5) is 0 Å². The monoisotopic (exact) mass is 361 g/mol. The van der Waals surface area contributed by atoms with Crippen LogP contribution in [0, 0.1) is 0 Å². The predicted molar refractivity (Wildman–Crippen MR) is 101 cm³/mol. The predicted octanol–water partition coefficient (Wildman–Crippen LogP) is 1.53. The maximum atomic E-state index is 12.0. The van der Waals surface area contributed by atoms with Crippen molar-refractivity contribution in [1.82, 2.24) is 14.7 Å². The first kappa shape index (κ1) is 19.1. The van der Waals surface area contributed by atoms with Crippen LogP contribution in [0.3, 0.4) is 0 Å². The number of nitrogens with zero attached hydrogens (tertiary/aromatic N) is 3. The number of likely N-dealkylation sites (tertiary alicyclic amines) is 1. The van der Waals surface area contributed by atoms with E-state index in [1.54, 1.807) is 7.11 Å². The summed E-state index contributed by atoms with van der Waals surface area (Å²) < 4.78 is 5.21. The lowest BCUT2D eigenvalue weighted by Crippen LogP contribution is -2.57. The lowest BCUT2D eigenvalue weighted by Gasteiger charge is -2.42. The molecule has 2 unspecified atom stereocenters. The minimum atomic E-state index is -0.565. The van der Waals surface area contributed by atoms with E-state index in [0.717, 1.165) is 57.9 Å². The molecule has 2 atom stereocenters. The summed E-state index contributed by atoms with van der Waals surface area (Å²) >= 11 is 0. The van der Waals surface area contributed by atoms with Crippen molar-refractivity contribution in [3.05, 3.63) is 29.8 Å². The van der Waals surface area contributed by atoms with Gasteiger partial charge in [-0.15, -0.1) is 0 Å². The third kappa shape index (κ3) is 4.37. The van der Waals surface area contributed by atoms with Crippen molar-refractivity contribution in [3.63, 3.8) is 0 Å². The fraction of sp³-hybridized carbons (Fsp3) is 0.650. The van der Waals surface area contributed by atoms with Gasteiger partial charge in [-0.2, -0.15) is 0 Å². The van der Waals surface area contributed by atoms with Gasteiger partial charge in [0.1, 0.15) is 12.0 Å². The van der Waals surface area contributed by atoms with Gasteiger partial charge in [0.2, 0.25) is 5.91 Å². The summed E-state index contributed by atoms with van der Waals surface area (Å²) in [5, 5.41) is 10.8. The molecule has 6 nitrogen and oxygen atoms in total. The lowest BCUT2D eigenvalue weighted by molar-refractivity contribution is -0.137. The first-order valence-electron chi connectivity index (χ1n) is 9.69. The molecule has 2 saturated heterocycles. The van der Waals surface area contributed by atoms with Crippen LogP contribution in [0.5, 0.6) is 5.75 Å². The highest BCUT2D eigenvalue weighted by Crippen LogP contribution is 2.21. The highest BCUT2D eigenvalue weighted by Gasteiger charge is 2.35. The number of aliphatic hydroxyl groups is 1. The molecule has 2 aliphatic heterocycles. The first-order chi connectivity index (χ1) is 12.6. The number of benzene rings is 1. The Kier molecular flexibility index (Phi) is 6.51. The average Bonchev–Trinajstić information content (AvgIpc) is 3.09. The van der Waals surface area contributed by atoms with Crippen molar-refractivity contribution < 1.29 is 14.6 Å². The first-order valence-corrected chi connectivity index (χ1v) is 9.69. The van der Waals surface area contributed by atoms with Gasteiger partial charge in [-0.25, -0.2) is 0 Å². The second-order valence-electron chi connectivity index (χ2n) is 7.24. The zero-order valence-corrected chi connectivity index (χ0v) is 15.9. The van der Waals surface area contributed by atoms with Crippen molar-refractivity contribution in [2.24, 2.45) is 0 Å². The Morgan fingerprint density at radius 1 is 1.12 bits per heavy atom. The van der Waals surface area contributed by atoms with Crippen LogP contribution in [0.1, 0.15) is 31.7 Å². The van der Waals surface area contributed by atoms with Gasteiger partial charge in [-0.1, -0.05) is 19.1 Å². The van der Waals surface area contributed by atoms with Crippen LogP contribution >= 0.6 is 0 Å². The van der Waals surface area contributed by atoms with E-state index in [4.69, 9.17) is 4.74 Å². The molecule has 1 amide bonds. The Bertz CT molecular complexity index is 584. The Morgan fingerprint density at radius 2 is 1.81 bits per heavy atom. The molecule has 1 aromatic carbocycles. The van der Waals surface area contributed by atoms with Gasteiger partial charge in [0.15, 0.2) is 0 Å². The molecule has 144 valence electrons. The SMILES string of the molecule is CCC(C(O)N1CCN(Cc2ccc(OC)cc2)CC1)N1CCCC1=O. The van der Waals surface area contributed by atoms with E-state index < -0.39 is 6.23 Å². The quantitative estimate of drug-likeness (QED) is 0.798. The number of hydrogen-bond acceptors (Lipinski definition) is 5. The van der Waals surface area contributed by atoms with Crippen LogP contribution < -0.4 is 4.74 Å². The van der Waals surface area contributed by atoms with Crippen molar-refractivity contribution in [1.29, 1.82) is 0 Å². The molecule has 0 aliphatic carbocycles. The molecule has 0 aromatic heterocycles. The van der Waals surface area contributed by atoms with Crippen LogP contribution in [-0.2, 0) is 11.3 Å². The molecule has 1 N–H and O–H groups in total. The molecule has 6 heteroatoms. The molecule has 2 fully saturated rings.